The van der Waals surface area contributed by atoms with Gasteiger partial charge in [-0.15, -0.1) is 0 Å². The van der Waals surface area contributed by atoms with Gasteiger partial charge in [-0.2, -0.15) is 0 Å². The Kier molecular flexibility index (Phi) is 6.52. The zero-order valence-corrected chi connectivity index (χ0v) is 16.2. The summed E-state index contributed by atoms with van der Waals surface area (Å²) in [7, 11) is 0. The van der Waals surface area contributed by atoms with Gasteiger partial charge in [0.15, 0.2) is 11.6 Å². The van der Waals surface area contributed by atoms with Crippen molar-refractivity contribution in [2.24, 2.45) is 5.92 Å². The second-order valence-corrected chi connectivity index (χ2v) is 7.05. The van der Waals surface area contributed by atoms with Gasteiger partial charge in [0.2, 0.25) is 6.54 Å². The Morgan fingerprint density at radius 1 is 0.828 bits per heavy atom. The number of nitro groups is 1. The van der Waals surface area contributed by atoms with Crippen molar-refractivity contribution in [2.75, 3.05) is 6.54 Å². The van der Waals surface area contributed by atoms with Gasteiger partial charge in [-0.3, -0.25) is 19.7 Å². The predicted molar refractivity (Wildman–Crippen MR) is 111 cm³/mol. The third kappa shape index (κ3) is 4.95. The number of benzene rings is 3. The number of ketones is 2. The highest BCUT2D eigenvalue weighted by Crippen LogP contribution is 2.32. The second kappa shape index (κ2) is 9.26. The van der Waals surface area contributed by atoms with Crippen LogP contribution in [0.3, 0.4) is 0 Å². The van der Waals surface area contributed by atoms with Crippen molar-refractivity contribution in [1.29, 1.82) is 0 Å². The van der Waals surface area contributed by atoms with Gasteiger partial charge < -0.3 is 0 Å². The fraction of sp³-hybridized carbons (Fsp3) is 0.130. The summed E-state index contributed by atoms with van der Waals surface area (Å²) in [6.45, 7) is -0.567. The first-order valence-electron chi connectivity index (χ1n) is 9.03. The van der Waals surface area contributed by atoms with Gasteiger partial charge in [-0.1, -0.05) is 84.4 Å². The van der Waals surface area contributed by atoms with Crippen molar-refractivity contribution in [2.45, 2.75) is 5.92 Å². The van der Waals surface area contributed by atoms with Crippen LogP contribution < -0.4 is 0 Å². The van der Waals surface area contributed by atoms with Crippen LogP contribution in [-0.2, 0) is 0 Å². The molecule has 0 radical (unpaired) electrons. The van der Waals surface area contributed by atoms with Gasteiger partial charge in [0.25, 0.3) is 0 Å². The van der Waals surface area contributed by atoms with Crippen LogP contribution >= 0.6 is 11.6 Å². The Bertz CT molecular complexity index is 970. The van der Waals surface area contributed by atoms with Gasteiger partial charge >= 0.3 is 0 Å². The monoisotopic (exact) mass is 407 g/mol. The maximum atomic E-state index is 13.4. The maximum absolute atomic E-state index is 13.4. The van der Waals surface area contributed by atoms with Crippen LogP contribution in [-0.4, -0.2) is 23.0 Å². The van der Waals surface area contributed by atoms with Gasteiger partial charge in [-0.05, 0) is 17.7 Å². The average Bonchev–Trinajstić information content (AvgIpc) is 2.74. The van der Waals surface area contributed by atoms with E-state index in [9.17, 15) is 19.7 Å². The quantitative estimate of drug-likeness (QED) is 0.226. The van der Waals surface area contributed by atoms with Crippen molar-refractivity contribution in [3.05, 3.63) is 117 Å². The lowest BCUT2D eigenvalue weighted by atomic mass is 9.77. The van der Waals surface area contributed by atoms with Crippen LogP contribution in [0.1, 0.15) is 32.2 Å². The number of carbonyl (C=O) groups excluding carboxylic acids is 2. The summed E-state index contributed by atoms with van der Waals surface area (Å²) in [4.78, 5) is 37.7. The van der Waals surface area contributed by atoms with Crippen molar-refractivity contribution in [1.82, 2.24) is 0 Å². The molecular weight excluding hydrogens is 390 g/mol. The smallest absolute Gasteiger partial charge is 0.211 e. The van der Waals surface area contributed by atoms with Gasteiger partial charge in [0, 0.05) is 21.1 Å². The SMILES string of the molecule is O=C(c1ccccc1)C(C(=O)c1ccccc1)C(C[N+](=O)[O-])c1cccc(Cl)c1. The molecule has 0 spiro atoms. The molecule has 1 unspecified atom stereocenters. The molecule has 0 saturated heterocycles. The van der Waals surface area contributed by atoms with Crippen LogP contribution in [0.15, 0.2) is 84.9 Å². The number of rotatable bonds is 8. The predicted octanol–water partition coefficient (Wildman–Crippen LogP) is 5.08. The van der Waals surface area contributed by atoms with Crippen molar-refractivity contribution in [3.8, 4) is 0 Å². The van der Waals surface area contributed by atoms with E-state index in [4.69, 9.17) is 11.6 Å². The molecule has 146 valence electrons. The molecule has 0 aliphatic heterocycles. The Morgan fingerprint density at radius 3 is 1.79 bits per heavy atom. The van der Waals surface area contributed by atoms with Gasteiger partial charge in [0.1, 0.15) is 0 Å². The van der Waals surface area contributed by atoms with Gasteiger partial charge in [-0.25, -0.2) is 0 Å². The number of carbonyl (C=O) groups is 2. The van der Waals surface area contributed by atoms with Crippen molar-refractivity contribution in [3.63, 3.8) is 0 Å². The van der Waals surface area contributed by atoms with Crippen LogP contribution in [0.25, 0.3) is 0 Å². The first kappa shape index (κ1) is 20.4. The van der Waals surface area contributed by atoms with Crippen LogP contribution in [0, 0.1) is 16.0 Å². The van der Waals surface area contributed by atoms with E-state index in [2.05, 4.69) is 0 Å². The first-order valence-corrected chi connectivity index (χ1v) is 9.41. The molecule has 1 atom stereocenters. The number of hydrogen-bond acceptors (Lipinski definition) is 4. The molecule has 0 fully saturated rings. The van der Waals surface area contributed by atoms with Gasteiger partial charge in [0.05, 0.1) is 11.8 Å². The molecule has 0 aliphatic carbocycles. The normalized spacial score (nSPS) is 11.8. The fourth-order valence-electron chi connectivity index (χ4n) is 3.35. The van der Waals surface area contributed by atoms with Crippen LogP contribution in [0.4, 0.5) is 0 Å². The van der Waals surface area contributed by atoms with E-state index in [0.29, 0.717) is 21.7 Å². The molecule has 5 nitrogen and oxygen atoms in total. The highest BCUT2D eigenvalue weighted by molar-refractivity contribution is 6.30. The minimum atomic E-state index is -1.25. The summed E-state index contributed by atoms with van der Waals surface area (Å²) >= 11 is 6.08. The average molecular weight is 408 g/mol. The third-order valence-electron chi connectivity index (χ3n) is 4.71. The Hall–Kier alpha value is -3.31. The summed E-state index contributed by atoms with van der Waals surface area (Å²) in [6, 6.07) is 23.2. The Balaban J connectivity index is 2.14. The molecule has 0 aliphatic rings. The van der Waals surface area contributed by atoms with E-state index in [-0.39, 0.29) is 0 Å². The van der Waals surface area contributed by atoms with Crippen molar-refractivity contribution < 1.29 is 14.5 Å². The molecule has 0 heterocycles. The van der Waals surface area contributed by atoms with Crippen LogP contribution in [0.5, 0.6) is 0 Å². The zero-order valence-electron chi connectivity index (χ0n) is 15.4. The molecule has 3 aromatic carbocycles. The second-order valence-electron chi connectivity index (χ2n) is 6.62. The highest BCUT2D eigenvalue weighted by atomic mass is 35.5. The topological polar surface area (TPSA) is 77.3 Å². The standard InChI is InChI=1S/C23H18ClNO4/c24-19-13-7-12-18(14-19)20(15-25(28)29)21(22(26)16-8-3-1-4-9-16)23(27)17-10-5-2-6-11-17/h1-14,20-21H,15H2. The van der Waals surface area contributed by atoms with E-state index in [1.165, 1.54) is 0 Å². The third-order valence-corrected chi connectivity index (χ3v) is 4.94. The maximum Gasteiger partial charge on any atom is 0.211 e. The Labute approximate surface area is 173 Å². The first-order chi connectivity index (χ1) is 14.0. The van der Waals surface area contributed by atoms with E-state index >= 15 is 0 Å². The Morgan fingerprint density at radius 2 is 1.34 bits per heavy atom. The van der Waals surface area contributed by atoms with Crippen molar-refractivity contribution >= 4 is 23.2 Å². The molecular formula is C23H18ClNO4. The molecule has 0 bridgehead atoms. The molecule has 29 heavy (non-hydrogen) atoms. The molecule has 0 saturated carbocycles. The number of nitrogens with zero attached hydrogens (tertiary/aromatic N) is 1. The molecule has 0 N–H and O–H groups in total. The minimum absolute atomic E-state index is 0.331. The zero-order chi connectivity index (χ0) is 20.8. The lowest BCUT2D eigenvalue weighted by Gasteiger charge is -2.23. The summed E-state index contributed by atoms with van der Waals surface area (Å²) in [5.41, 5.74) is 1.14. The van der Waals surface area contributed by atoms with E-state index in [1.807, 2.05) is 0 Å². The summed E-state index contributed by atoms with van der Waals surface area (Å²) in [5.74, 6) is -3.11. The van der Waals surface area contributed by atoms with E-state index in [1.54, 1.807) is 84.9 Å². The molecule has 6 heteroatoms. The number of hydrogen-bond donors (Lipinski definition) is 0. The highest BCUT2D eigenvalue weighted by Gasteiger charge is 2.39. The summed E-state index contributed by atoms with van der Waals surface area (Å²) < 4.78 is 0. The fourth-order valence-corrected chi connectivity index (χ4v) is 3.55. The van der Waals surface area contributed by atoms with E-state index < -0.39 is 34.9 Å². The number of Topliss-reactive ketones (excluding diaryl/α,β-unsaturated/α-hetero) is 2. The van der Waals surface area contributed by atoms with E-state index in [0.717, 1.165) is 0 Å². The lowest BCUT2D eigenvalue weighted by Crippen LogP contribution is -2.34. The minimum Gasteiger partial charge on any atom is -0.293 e. The number of halogens is 1. The lowest BCUT2D eigenvalue weighted by molar-refractivity contribution is -0.484. The summed E-state index contributed by atoms with van der Waals surface area (Å²) in [6.07, 6.45) is 0. The molecule has 0 amide bonds. The molecule has 3 aromatic rings. The molecule has 3 rings (SSSR count). The van der Waals surface area contributed by atoms with Crippen LogP contribution in [0.2, 0.25) is 5.02 Å². The summed E-state index contributed by atoms with van der Waals surface area (Å²) in [5, 5.41) is 11.8. The molecule has 0 aromatic heterocycles. The largest absolute Gasteiger partial charge is 0.293 e.